The van der Waals surface area contributed by atoms with E-state index in [1.54, 1.807) is 0 Å². The Labute approximate surface area is 148 Å². The van der Waals surface area contributed by atoms with E-state index in [4.69, 9.17) is 0 Å². The molecule has 0 nitrogen and oxygen atoms in total. The predicted molar refractivity (Wildman–Crippen MR) is 106 cm³/mol. The Bertz CT molecular complexity index is 366. The summed E-state index contributed by atoms with van der Waals surface area (Å²) in [5, 5.41) is 0. The van der Waals surface area contributed by atoms with Crippen molar-refractivity contribution in [2.75, 3.05) is 0 Å². The highest BCUT2D eigenvalue weighted by atomic mass is 14.7. The smallest absolute Gasteiger partial charge is 0.0210 e. The first-order valence-corrected chi connectivity index (χ1v) is 10.5. The fraction of sp³-hybridized carbons (Fsp3) is 1.00. The third-order valence-corrected chi connectivity index (χ3v) is 8.91. The van der Waals surface area contributed by atoms with Gasteiger partial charge in [-0.25, -0.2) is 0 Å². The van der Waals surface area contributed by atoms with Gasteiger partial charge in [0.2, 0.25) is 0 Å². The molecule has 1 fully saturated rings. The average Bonchev–Trinajstić information content (AvgIpc) is 2.92. The molecule has 7 unspecified atom stereocenters. The number of rotatable bonds is 9. The maximum atomic E-state index is 2.61. The summed E-state index contributed by atoms with van der Waals surface area (Å²) >= 11 is 0. The highest BCUT2D eigenvalue weighted by molar-refractivity contribution is 5.17. The lowest BCUT2D eigenvalue weighted by atomic mass is 9.68. The lowest BCUT2D eigenvalue weighted by molar-refractivity contribution is 0.116. The molecule has 1 rings (SSSR count). The first-order chi connectivity index (χ1) is 10.5. The third-order valence-electron chi connectivity index (χ3n) is 8.91. The average molecular weight is 323 g/mol. The van der Waals surface area contributed by atoms with Gasteiger partial charge in [0.1, 0.15) is 0 Å². The van der Waals surface area contributed by atoms with Crippen molar-refractivity contribution < 1.29 is 0 Å². The molecule has 0 spiro atoms. The van der Waals surface area contributed by atoms with Gasteiger partial charge in [0.15, 0.2) is 0 Å². The summed E-state index contributed by atoms with van der Waals surface area (Å²) in [6.07, 6.45) is 4.08. The molecular formula is C23H46. The molecule has 0 aliphatic heterocycles. The molecule has 23 heavy (non-hydrogen) atoms. The Hall–Kier alpha value is 0. The van der Waals surface area contributed by atoms with Crippen molar-refractivity contribution in [2.45, 2.75) is 95.4 Å². The van der Waals surface area contributed by atoms with E-state index in [1.807, 2.05) is 0 Å². The van der Waals surface area contributed by atoms with E-state index in [0.717, 1.165) is 41.4 Å². The Morgan fingerprint density at radius 3 is 1.70 bits per heavy atom. The molecule has 0 aromatic carbocycles. The van der Waals surface area contributed by atoms with Crippen LogP contribution in [0.4, 0.5) is 0 Å². The van der Waals surface area contributed by atoms with Crippen LogP contribution in [0.15, 0.2) is 0 Å². The van der Waals surface area contributed by atoms with Crippen molar-refractivity contribution in [3.8, 4) is 0 Å². The molecule has 0 aromatic rings. The van der Waals surface area contributed by atoms with Crippen LogP contribution in [0.3, 0.4) is 0 Å². The van der Waals surface area contributed by atoms with Crippen molar-refractivity contribution in [2.24, 2.45) is 52.3 Å². The van der Waals surface area contributed by atoms with Gasteiger partial charge in [0.25, 0.3) is 0 Å². The second-order valence-electron chi connectivity index (χ2n) is 10.1. The molecule has 0 aromatic heterocycles. The summed E-state index contributed by atoms with van der Waals surface area (Å²) in [7, 11) is 0. The molecule has 1 saturated carbocycles. The van der Waals surface area contributed by atoms with Gasteiger partial charge in [0, 0.05) is 0 Å². The van der Waals surface area contributed by atoms with Gasteiger partial charge in [-0.15, -0.1) is 0 Å². The fourth-order valence-corrected chi connectivity index (χ4v) is 5.71. The quantitative estimate of drug-likeness (QED) is 0.408. The van der Waals surface area contributed by atoms with Crippen LogP contribution < -0.4 is 0 Å². The number of hydrogen-bond donors (Lipinski definition) is 0. The molecule has 0 heterocycles. The molecule has 0 N–H and O–H groups in total. The van der Waals surface area contributed by atoms with E-state index in [1.165, 1.54) is 19.3 Å². The second kappa shape index (κ2) is 7.49. The zero-order chi connectivity index (χ0) is 18.2. The van der Waals surface area contributed by atoms with Gasteiger partial charge in [-0.2, -0.15) is 0 Å². The summed E-state index contributed by atoms with van der Waals surface area (Å²) in [4.78, 5) is 0. The fourth-order valence-electron chi connectivity index (χ4n) is 5.71. The molecule has 0 amide bonds. The van der Waals surface area contributed by atoms with Crippen molar-refractivity contribution in [3.05, 3.63) is 0 Å². The Kier molecular flexibility index (Phi) is 6.85. The van der Waals surface area contributed by atoms with E-state index in [-0.39, 0.29) is 0 Å². The normalized spacial score (nSPS) is 33.1. The molecule has 1 aliphatic rings. The van der Waals surface area contributed by atoms with Crippen molar-refractivity contribution in [1.82, 2.24) is 0 Å². The van der Waals surface area contributed by atoms with Crippen LogP contribution in [0.25, 0.3) is 0 Å². The van der Waals surface area contributed by atoms with E-state index in [0.29, 0.717) is 10.8 Å². The van der Waals surface area contributed by atoms with Gasteiger partial charge in [-0.3, -0.25) is 0 Å². The standard InChI is InChI=1S/C23H46/c1-12-16(5)17(6)14-21-22(9,10)23(21,11)19(8)20(13-2)18(7)15(3)4/h15-21H,12-14H2,1-11H3. The molecule has 0 radical (unpaired) electrons. The first kappa shape index (κ1) is 21.0. The molecule has 0 saturated heterocycles. The van der Waals surface area contributed by atoms with Crippen LogP contribution in [0.2, 0.25) is 0 Å². The summed E-state index contributed by atoms with van der Waals surface area (Å²) < 4.78 is 0. The topological polar surface area (TPSA) is 0 Å². The van der Waals surface area contributed by atoms with Crippen LogP contribution in [-0.4, -0.2) is 0 Å². The van der Waals surface area contributed by atoms with Crippen molar-refractivity contribution in [3.63, 3.8) is 0 Å². The number of hydrogen-bond acceptors (Lipinski definition) is 0. The zero-order valence-electron chi connectivity index (χ0n) is 18.2. The first-order valence-electron chi connectivity index (χ1n) is 10.5. The Balaban J connectivity index is 2.91. The van der Waals surface area contributed by atoms with Crippen LogP contribution in [0, 0.1) is 52.3 Å². The lowest BCUT2D eigenvalue weighted by Gasteiger charge is -2.37. The summed E-state index contributed by atoms with van der Waals surface area (Å²) in [6, 6.07) is 0. The molecule has 7 atom stereocenters. The van der Waals surface area contributed by atoms with Crippen LogP contribution in [-0.2, 0) is 0 Å². The third kappa shape index (κ3) is 3.67. The van der Waals surface area contributed by atoms with E-state index < -0.39 is 0 Å². The largest absolute Gasteiger partial charge is 0.0651 e. The van der Waals surface area contributed by atoms with E-state index >= 15 is 0 Å². The van der Waals surface area contributed by atoms with Crippen LogP contribution in [0.5, 0.6) is 0 Å². The molecule has 1 aliphatic carbocycles. The van der Waals surface area contributed by atoms with Crippen LogP contribution >= 0.6 is 0 Å². The van der Waals surface area contributed by atoms with Gasteiger partial charge in [-0.05, 0) is 58.7 Å². The highest BCUT2D eigenvalue weighted by Gasteiger charge is 2.70. The van der Waals surface area contributed by atoms with Crippen molar-refractivity contribution in [1.29, 1.82) is 0 Å². The van der Waals surface area contributed by atoms with Gasteiger partial charge < -0.3 is 0 Å². The SMILES string of the molecule is CCC(C)C(C)CC1C(C)(C)C1(C)C(C)C(CC)C(C)C(C)C. The molecule has 0 heteroatoms. The molecule has 0 bridgehead atoms. The highest BCUT2D eigenvalue weighted by Crippen LogP contribution is 2.75. The van der Waals surface area contributed by atoms with Crippen molar-refractivity contribution >= 4 is 0 Å². The minimum Gasteiger partial charge on any atom is -0.0651 e. The van der Waals surface area contributed by atoms with Gasteiger partial charge in [-0.1, -0.05) is 89.0 Å². The second-order valence-corrected chi connectivity index (χ2v) is 10.1. The van der Waals surface area contributed by atoms with E-state index in [9.17, 15) is 0 Å². The molecule has 138 valence electrons. The molecular weight excluding hydrogens is 276 g/mol. The maximum absolute atomic E-state index is 2.61. The monoisotopic (exact) mass is 322 g/mol. The van der Waals surface area contributed by atoms with Gasteiger partial charge >= 0.3 is 0 Å². The minimum absolute atomic E-state index is 0.512. The predicted octanol–water partition coefficient (Wildman–Crippen LogP) is 7.68. The zero-order valence-corrected chi connectivity index (χ0v) is 18.2. The van der Waals surface area contributed by atoms with Crippen LogP contribution in [0.1, 0.15) is 95.4 Å². The summed E-state index contributed by atoms with van der Waals surface area (Å²) in [6.45, 7) is 27.3. The summed E-state index contributed by atoms with van der Waals surface area (Å²) in [5.41, 5.74) is 1.04. The summed E-state index contributed by atoms with van der Waals surface area (Å²) in [5.74, 6) is 5.95. The van der Waals surface area contributed by atoms with Gasteiger partial charge in [0.05, 0.1) is 0 Å². The van der Waals surface area contributed by atoms with E-state index in [2.05, 4.69) is 76.2 Å². The lowest BCUT2D eigenvalue weighted by Crippen LogP contribution is -2.30. The Morgan fingerprint density at radius 2 is 1.30 bits per heavy atom. The Morgan fingerprint density at radius 1 is 0.783 bits per heavy atom. The maximum Gasteiger partial charge on any atom is -0.0210 e. The minimum atomic E-state index is 0.512.